The molecule has 0 bridgehead atoms. The van der Waals surface area contributed by atoms with Crippen molar-refractivity contribution in [2.45, 2.75) is 29.4 Å². The molecule has 2 N–H and O–H groups in total. The molecule has 260 valence electrons. The second kappa shape index (κ2) is 14.7. The molecule has 42 heavy (non-hydrogen) atoms. The fourth-order valence-electron chi connectivity index (χ4n) is 0.979. The number of sulfone groups is 3. The van der Waals surface area contributed by atoms with Crippen LogP contribution in [0.15, 0.2) is 0 Å². The van der Waals surface area contributed by atoms with Crippen LogP contribution in [0, 0.1) is 3.91 Å². The van der Waals surface area contributed by atoms with E-state index in [4.69, 9.17) is 13.0 Å². The number of rotatable bonds is 6. The standard InChI is InChI=1S/C4H3F6O6S3.C3H5F3.C2H4F3NO4S2.FHO3S/c1-17(11,12)2(18(13,14)3(5,6)7)19(15,16)4(8,9)10;1-3(5,6)2-4;1-11(7,8)6-12(9,10)2(3,4)5;1-5(2,3)4/h1H3;2H2,1H3;6H,1H3;(H,2,3,4)/q-1;;;. The summed E-state index contributed by atoms with van der Waals surface area (Å²) in [5.41, 5.74) is -18.7. The van der Waals surface area contributed by atoms with E-state index in [0.717, 1.165) is 0 Å². The third-order valence-electron chi connectivity index (χ3n) is 2.15. The largest absolute Gasteiger partial charge is 0.512 e. The van der Waals surface area contributed by atoms with Gasteiger partial charge in [-0.3, -0.25) is 29.8 Å². The molecule has 0 saturated carbocycles. The molecular weight excluding hydrogens is 769 g/mol. The number of halogens is 13. The molecule has 0 saturated heterocycles. The minimum absolute atomic E-state index is 0.302. The Bertz CT molecular complexity index is 1480. The molecule has 0 spiro atoms. The maximum absolute atomic E-state index is 12.0. The van der Waals surface area contributed by atoms with Gasteiger partial charge in [0.1, 0.15) is 0 Å². The zero-order valence-electron chi connectivity index (χ0n) is 19.4. The summed E-state index contributed by atoms with van der Waals surface area (Å²) in [4.78, 5) is 0. The first-order valence-electron chi connectivity index (χ1n) is 7.99. The monoisotopic (exact) mass is 782 g/mol. The molecule has 0 aliphatic carbocycles. The summed E-state index contributed by atoms with van der Waals surface area (Å²) in [6, 6.07) is 0. The highest BCUT2D eigenvalue weighted by Gasteiger charge is 2.57. The van der Waals surface area contributed by atoms with Crippen LogP contribution in [0.3, 0.4) is 0 Å². The molecule has 0 aliphatic rings. The van der Waals surface area contributed by atoms with E-state index in [1.165, 1.54) is 0 Å². The van der Waals surface area contributed by atoms with E-state index in [0.29, 0.717) is 17.3 Å². The fourth-order valence-corrected chi connectivity index (χ4v) is 8.81. The van der Waals surface area contributed by atoms with Crippen molar-refractivity contribution >= 4 is 60.1 Å². The van der Waals surface area contributed by atoms with Gasteiger partial charge < -0.3 is 0 Å². The minimum Gasteiger partial charge on any atom is -0.260 e. The first kappa shape index (κ1) is 47.6. The highest BCUT2D eigenvalue weighted by Crippen LogP contribution is 2.43. The maximum Gasteiger partial charge on any atom is 0.512 e. The van der Waals surface area contributed by atoms with Crippen molar-refractivity contribution < 1.29 is 112 Å². The lowest BCUT2D eigenvalue weighted by Gasteiger charge is -2.29. The summed E-state index contributed by atoms with van der Waals surface area (Å²) in [6.07, 6.45) is -0.106. The van der Waals surface area contributed by atoms with E-state index in [-0.39, 0.29) is 0 Å². The zero-order valence-corrected chi connectivity index (χ0v) is 24.3. The molecule has 14 nitrogen and oxygen atoms in total. The number of hydrogen-bond acceptors (Lipinski definition) is 12. The summed E-state index contributed by atoms with van der Waals surface area (Å²) in [6.45, 7) is -1.03. The third kappa shape index (κ3) is 19.8. The van der Waals surface area contributed by atoms with Crippen LogP contribution in [0.5, 0.6) is 0 Å². The van der Waals surface area contributed by atoms with Gasteiger partial charge in [-0.2, -0.15) is 47.9 Å². The van der Waals surface area contributed by atoms with Gasteiger partial charge in [0, 0.05) is 13.2 Å². The van der Waals surface area contributed by atoms with Crippen molar-refractivity contribution in [1.82, 2.24) is 4.13 Å². The van der Waals surface area contributed by atoms with E-state index >= 15 is 0 Å². The Kier molecular flexibility index (Phi) is 16.6. The molecule has 0 aliphatic heterocycles. The van der Waals surface area contributed by atoms with Crippen LogP contribution in [-0.4, -0.2) is 96.7 Å². The molecular formula is C9H13F13NO13S6-. The number of sulfonamides is 2. The van der Waals surface area contributed by atoms with Crippen molar-refractivity contribution in [3.63, 3.8) is 0 Å². The summed E-state index contributed by atoms with van der Waals surface area (Å²) < 4.78 is 275. The quantitative estimate of drug-likeness (QED) is 0.166. The Hall–Kier alpha value is -1.29. The van der Waals surface area contributed by atoms with E-state index in [1.54, 1.807) is 0 Å². The molecule has 0 atom stereocenters. The SMILES string of the molecule is CC(F)(F)CF.CS(=O)(=O)NS(=O)(=O)C(F)(F)F.CS(=O)(=O)[C-](S(=O)(=O)C(F)(F)F)S(=O)(=O)C(F)(F)F.O=S(=O)(O)F. The first-order valence-corrected chi connectivity index (χ1v) is 17.6. The van der Waals surface area contributed by atoms with Gasteiger partial charge in [0.15, 0.2) is 26.3 Å². The fraction of sp³-hybridized carbons (Fsp3) is 0.889. The second-order valence-corrected chi connectivity index (χ2v) is 17.3. The lowest BCUT2D eigenvalue weighted by atomic mass is 10.4. The Morgan fingerprint density at radius 3 is 0.905 bits per heavy atom. The molecule has 0 rings (SSSR count). The smallest absolute Gasteiger partial charge is 0.260 e. The normalized spacial score (nSPS) is 14.4. The topological polar surface area (TPSA) is 237 Å². The van der Waals surface area contributed by atoms with Crippen molar-refractivity contribution in [2.24, 2.45) is 0 Å². The predicted molar refractivity (Wildman–Crippen MR) is 110 cm³/mol. The van der Waals surface area contributed by atoms with Crippen LogP contribution < -0.4 is 4.13 Å². The van der Waals surface area contributed by atoms with Crippen LogP contribution in [0.1, 0.15) is 6.92 Å². The van der Waals surface area contributed by atoms with Crippen LogP contribution in [0.25, 0.3) is 0 Å². The summed E-state index contributed by atoms with van der Waals surface area (Å²) in [7, 11) is -35.7. The molecule has 0 unspecified atom stereocenters. The van der Waals surface area contributed by atoms with Gasteiger partial charge in [0.05, 0.1) is 20.0 Å². The van der Waals surface area contributed by atoms with E-state index in [1.807, 2.05) is 0 Å². The van der Waals surface area contributed by atoms with Crippen molar-refractivity contribution in [2.75, 3.05) is 19.2 Å². The second-order valence-electron chi connectivity index (χ2n) is 6.34. The Morgan fingerprint density at radius 2 is 0.833 bits per heavy atom. The van der Waals surface area contributed by atoms with Crippen molar-refractivity contribution in [1.29, 1.82) is 0 Å². The molecule has 0 heterocycles. The third-order valence-corrected chi connectivity index (χ3v) is 12.0. The highest BCUT2D eigenvalue weighted by molar-refractivity contribution is 8.29. The molecule has 0 aromatic heterocycles. The molecule has 0 amide bonds. The highest BCUT2D eigenvalue weighted by atomic mass is 32.3. The van der Waals surface area contributed by atoms with Crippen LogP contribution in [-0.2, 0) is 60.1 Å². The predicted octanol–water partition coefficient (Wildman–Crippen LogP) is 1.10. The van der Waals surface area contributed by atoms with Crippen molar-refractivity contribution in [3.05, 3.63) is 3.91 Å². The lowest BCUT2D eigenvalue weighted by Crippen LogP contribution is -2.42. The Labute approximate surface area is 228 Å². The van der Waals surface area contributed by atoms with E-state index in [2.05, 4.69) is 0 Å². The van der Waals surface area contributed by atoms with Gasteiger partial charge >= 0.3 is 37.1 Å². The van der Waals surface area contributed by atoms with Crippen LogP contribution >= 0.6 is 0 Å². The van der Waals surface area contributed by atoms with Gasteiger partial charge in [-0.1, -0.05) is 3.89 Å². The molecule has 0 radical (unpaired) electrons. The molecule has 0 fully saturated rings. The average Bonchev–Trinajstić information content (AvgIpc) is 2.53. The Balaban J connectivity index is -0.000000265. The number of nitrogens with one attached hydrogen (secondary N) is 1. The molecule has 0 aromatic carbocycles. The Morgan fingerprint density at radius 1 is 0.619 bits per heavy atom. The molecule has 0 aromatic rings. The number of alkyl halides is 12. The summed E-state index contributed by atoms with van der Waals surface area (Å²) in [5, 5.41) is 0. The van der Waals surface area contributed by atoms with Gasteiger partial charge in [0.25, 0.3) is 5.92 Å². The zero-order chi connectivity index (χ0) is 36.0. The van der Waals surface area contributed by atoms with Crippen molar-refractivity contribution in [3.8, 4) is 0 Å². The van der Waals surface area contributed by atoms with E-state index < -0.39 is 99.4 Å². The lowest BCUT2D eigenvalue weighted by molar-refractivity contribution is -0.0454. The van der Waals surface area contributed by atoms with Gasteiger partial charge in [-0.15, -0.1) is 4.13 Å². The summed E-state index contributed by atoms with van der Waals surface area (Å²) >= 11 is 0. The van der Waals surface area contributed by atoms with E-state index in [9.17, 15) is 98.7 Å². The van der Waals surface area contributed by atoms with Gasteiger partial charge in [0.2, 0.25) is 10.0 Å². The minimum atomic E-state index is -7.22. The van der Waals surface area contributed by atoms with Crippen LogP contribution in [0.2, 0.25) is 0 Å². The van der Waals surface area contributed by atoms with Gasteiger partial charge in [-0.25, -0.2) is 30.0 Å². The van der Waals surface area contributed by atoms with Crippen LogP contribution in [0.4, 0.5) is 56.6 Å². The summed E-state index contributed by atoms with van der Waals surface area (Å²) in [5.74, 6) is -3.12. The number of hydrogen-bond donors (Lipinski definition) is 2. The van der Waals surface area contributed by atoms with Gasteiger partial charge in [-0.05, 0) is 0 Å². The molecule has 33 heteroatoms. The average molecular weight is 783 g/mol. The maximum atomic E-state index is 12.0. The first-order chi connectivity index (χ1) is 17.4.